The Bertz CT molecular complexity index is 577. The standard InChI is InChI=1S/C13H19FN2O3S/c14-12-5-3-6-13(11(12)8-15)20(18,19)16-7-2-1-4-10(16)9-17/h3,5-6,10,17H,1-2,4,7-9,15H2. The maximum Gasteiger partial charge on any atom is 0.243 e. The Morgan fingerprint density at radius 1 is 1.40 bits per heavy atom. The molecule has 7 heteroatoms. The highest BCUT2D eigenvalue weighted by molar-refractivity contribution is 7.89. The van der Waals surface area contributed by atoms with Crippen molar-refractivity contribution in [1.29, 1.82) is 0 Å². The molecule has 1 unspecified atom stereocenters. The lowest BCUT2D eigenvalue weighted by Gasteiger charge is -2.33. The summed E-state index contributed by atoms with van der Waals surface area (Å²) in [5.74, 6) is -0.619. The number of sulfonamides is 1. The first kappa shape index (κ1) is 15.4. The van der Waals surface area contributed by atoms with Crippen molar-refractivity contribution in [3.8, 4) is 0 Å². The molecule has 0 amide bonds. The lowest BCUT2D eigenvalue weighted by Crippen LogP contribution is -2.45. The second-order valence-corrected chi connectivity index (χ2v) is 6.73. The van der Waals surface area contributed by atoms with Crippen molar-refractivity contribution < 1.29 is 17.9 Å². The minimum atomic E-state index is -3.84. The van der Waals surface area contributed by atoms with E-state index in [1.165, 1.54) is 22.5 Å². The van der Waals surface area contributed by atoms with Gasteiger partial charge in [0.05, 0.1) is 11.5 Å². The molecule has 112 valence electrons. The molecule has 1 aliphatic rings. The summed E-state index contributed by atoms with van der Waals surface area (Å²) in [7, 11) is -3.84. The Hall–Kier alpha value is -1.02. The summed E-state index contributed by atoms with van der Waals surface area (Å²) in [6.07, 6.45) is 2.23. The summed E-state index contributed by atoms with van der Waals surface area (Å²) in [5.41, 5.74) is 5.47. The summed E-state index contributed by atoms with van der Waals surface area (Å²) in [5, 5.41) is 9.35. The van der Waals surface area contributed by atoms with Gasteiger partial charge in [0, 0.05) is 24.7 Å². The summed E-state index contributed by atoms with van der Waals surface area (Å²) >= 11 is 0. The van der Waals surface area contributed by atoms with E-state index in [1.54, 1.807) is 0 Å². The van der Waals surface area contributed by atoms with E-state index in [0.29, 0.717) is 13.0 Å². The topological polar surface area (TPSA) is 83.6 Å². The second kappa shape index (κ2) is 6.17. The van der Waals surface area contributed by atoms with Gasteiger partial charge in [0.15, 0.2) is 0 Å². The van der Waals surface area contributed by atoms with Gasteiger partial charge in [0.25, 0.3) is 0 Å². The number of aliphatic hydroxyl groups excluding tert-OH is 1. The molecule has 3 N–H and O–H groups in total. The quantitative estimate of drug-likeness (QED) is 0.862. The molecule has 20 heavy (non-hydrogen) atoms. The van der Waals surface area contributed by atoms with Crippen molar-refractivity contribution in [2.75, 3.05) is 13.2 Å². The molecule has 1 heterocycles. The van der Waals surface area contributed by atoms with Gasteiger partial charge in [-0.05, 0) is 25.0 Å². The van der Waals surface area contributed by atoms with E-state index in [1.807, 2.05) is 0 Å². The maximum absolute atomic E-state index is 13.7. The zero-order chi connectivity index (χ0) is 14.8. The molecule has 1 atom stereocenters. The number of nitrogens with zero attached hydrogens (tertiary/aromatic N) is 1. The molecule has 5 nitrogen and oxygen atoms in total. The van der Waals surface area contributed by atoms with Gasteiger partial charge < -0.3 is 10.8 Å². The van der Waals surface area contributed by atoms with Gasteiger partial charge >= 0.3 is 0 Å². The van der Waals surface area contributed by atoms with Crippen molar-refractivity contribution in [2.24, 2.45) is 5.73 Å². The number of benzene rings is 1. The molecule has 0 aliphatic carbocycles. The molecule has 1 saturated heterocycles. The number of hydrogen-bond acceptors (Lipinski definition) is 4. The first-order valence-corrected chi connectivity index (χ1v) is 8.06. The zero-order valence-corrected chi connectivity index (χ0v) is 11.9. The third-order valence-corrected chi connectivity index (χ3v) is 5.69. The van der Waals surface area contributed by atoms with Gasteiger partial charge in [-0.1, -0.05) is 12.5 Å². The highest BCUT2D eigenvalue weighted by Gasteiger charge is 2.34. The van der Waals surface area contributed by atoms with E-state index in [9.17, 15) is 17.9 Å². The largest absolute Gasteiger partial charge is 0.395 e. The van der Waals surface area contributed by atoms with Gasteiger partial charge in [0.1, 0.15) is 5.82 Å². The lowest BCUT2D eigenvalue weighted by molar-refractivity contribution is 0.155. The molecular formula is C13H19FN2O3S. The third-order valence-electron chi connectivity index (χ3n) is 3.65. The smallest absolute Gasteiger partial charge is 0.243 e. The van der Waals surface area contributed by atoms with Crippen molar-refractivity contribution in [3.05, 3.63) is 29.6 Å². The van der Waals surface area contributed by atoms with Crippen LogP contribution in [0.25, 0.3) is 0 Å². The number of piperidine rings is 1. The van der Waals surface area contributed by atoms with Crippen molar-refractivity contribution in [2.45, 2.75) is 36.7 Å². The Balaban J connectivity index is 2.47. The van der Waals surface area contributed by atoms with Crippen LogP contribution >= 0.6 is 0 Å². The summed E-state index contributed by atoms with van der Waals surface area (Å²) in [6.45, 7) is -0.0700. The molecule has 0 bridgehead atoms. The van der Waals surface area contributed by atoms with Crippen molar-refractivity contribution >= 4 is 10.0 Å². The normalized spacial score (nSPS) is 21.1. The Labute approximate surface area is 118 Å². The first-order valence-electron chi connectivity index (χ1n) is 6.62. The average Bonchev–Trinajstić information content (AvgIpc) is 2.46. The van der Waals surface area contributed by atoms with Gasteiger partial charge in [-0.3, -0.25) is 0 Å². The van der Waals surface area contributed by atoms with Gasteiger partial charge in [-0.2, -0.15) is 4.31 Å². The third kappa shape index (κ3) is 2.71. The molecule has 0 radical (unpaired) electrons. The summed E-state index contributed by atoms with van der Waals surface area (Å²) < 4.78 is 40.3. The Morgan fingerprint density at radius 2 is 2.15 bits per heavy atom. The highest BCUT2D eigenvalue weighted by Crippen LogP contribution is 2.28. The van der Waals surface area contributed by atoms with Crippen LogP contribution in [-0.4, -0.2) is 37.0 Å². The predicted molar refractivity (Wildman–Crippen MR) is 72.9 cm³/mol. The number of hydrogen-bond donors (Lipinski definition) is 2. The Morgan fingerprint density at radius 3 is 2.80 bits per heavy atom. The molecule has 0 spiro atoms. The van der Waals surface area contributed by atoms with Crippen LogP contribution < -0.4 is 5.73 Å². The molecular weight excluding hydrogens is 283 g/mol. The van der Waals surface area contributed by atoms with Crippen molar-refractivity contribution in [3.63, 3.8) is 0 Å². The fourth-order valence-corrected chi connectivity index (χ4v) is 4.51. The number of halogens is 1. The van der Waals surface area contributed by atoms with Crippen LogP contribution in [0.1, 0.15) is 24.8 Å². The molecule has 1 aromatic rings. The summed E-state index contributed by atoms with van der Waals surface area (Å²) in [4.78, 5) is -0.0969. The second-order valence-electron chi connectivity index (χ2n) is 4.87. The molecule has 1 fully saturated rings. The van der Waals surface area contributed by atoms with E-state index in [2.05, 4.69) is 0 Å². The van der Waals surface area contributed by atoms with E-state index in [-0.39, 0.29) is 23.6 Å². The van der Waals surface area contributed by atoms with Gasteiger partial charge in [-0.25, -0.2) is 12.8 Å². The van der Waals surface area contributed by atoms with Crippen LogP contribution in [0.2, 0.25) is 0 Å². The monoisotopic (exact) mass is 302 g/mol. The summed E-state index contributed by atoms with van der Waals surface area (Å²) in [6, 6.07) is 3.48. The predicted octanol–water partition coefficient (Wildman–Crippen LogP) is 0.820. The van der Waals surface area contributed by atoms with Crippen LogP contribution in [0.4, 0.5) is 4.39 Å². The minimum absolute atomic E-state index is 0.00485. The fourth-order valence-electron chi connectivity index (χ4n) is 2.58. The lowest BCUT2D eigenvalue weighted by atomic mass is 10.1. The Kier molecular flexibility index (Phi) is 4.74. The zero-order valence-electron chi connectivity index (χ0n) is 11.1. The molecule has 1 aromatic carbocycles. The fraction of sp³-hybridized carbons (Fsp3) is 0.538. The molecule has 1 aliphatic heterocycles. The number of aliphatic hydroxyl groups is 1. The van der Waals surface area contributed by atoms with Crippen LogP contribution in [0.3, 0.4) is 0 Å². The number of rotatable bonds is 4. The minimum Gasteiger partial charge on any atom is -0.395 e. The van der Waals surface area contributed by atoms with Crippen LogP contribution in [-0.2, 0) is 16.6 Å². The van der Waals surface area contributed by atoms with E-state index >= 15 is 0 Å². The van der Waals surface area contributed by atoms with Crippen LogP contribution in [0.5, 0.6) is 0 Å². The average molecular weight is 302 g/mol. The van der Waals surface area contributed by atoms with E-state index < -0.39 is 21.9 Å². The first-order chi connectivity index (χ1) is 9.52. The maximum atomic E-state index is 13.7. The van der Waals surface area contributed by atoms with Gasteiger partial charge in [0.2, 0.25) is 10.0 Å². The SMILES string of the molecule is NCc1c(F)cccc1S(=O)(=O)N1CCCCC1CO. The van der Waals surface area contributed by atoms with Crippen LogP contribution in [0.15, 0.2) is 23.1 Å². The van der Waals surface area contributed by atoms with Crippen LogP contribution in [0, 0.1) is 5.82 Å². The highest BCUT2D eigenvalue weighted by atomic mass is 32.2. The molecule has 0 aromatic heterocycles. The molecule has 0 saturated carbocycles. The number of nitrogens with two attached hydrogens (primary N) is 1. The van der Waals surface area contributed by atoms with E-state index in [0.717, 1.165) is 12.8 Å². The van der Waals surface area contributed by atoms with Crippen molar-refractivity contribution in [1.82, 2.24) is 4.31 Å². The molecule has 2 rings (SSSR count). The van der Waals surface area contributed by atoms with E-state index in [4.69, 9.17) is 5.73 Å². The van der Waals surface area contributed by atoms with Gasteiger partial charge in [-0.15, -0.1) is 0 Å².